The molecule has 3 atom stereocenters. The zero-order valence-electron chi connectivity index (χ0n) is 17.7. The van der Waals surface area contributed by atoms with Crippen LogP contribution < -0.4 is 5.32 Å². The maximum atomic E-state index is 12.8. The summed E-state index contributed by atoms with van der Waals surface area (Å²) in [6.07, 6.45) is 3.92. The van der Waals surface area contributed by atoms with E-state index in [1.165, 1.54) is 12.7 Å². The lowest BCUT2D eigenvalue weighted by molar-refractivity contribution is -0.133. The van der Waals surface area contributed by atoms with Gasteiger partial charge in [-0.1, -0.05) is 25.5 Å². The van der Waals surface area contributed by atoms with E-state index in [0.717, 1.165) is 32.6 Å². The number of amides is 2. The topological polar surface area (TPSA) is 61.9 Å². The van der Waals surface area contributed by atoms with Crippen molar-refractivity contribution in [3.8, 4) is 0 Å². The zero-order chi connectivity index (χ0) is 20.0. The number of hydrogen-bond acceptors (Lipinski definition) is 4. The van der Waals surface area contributed by atoms with Gasteiger partial charge in [-0.15, -0.1) is 0 Å². The van der Waals surface area contributed by atoms with Crippen LogP contribution in [0.25, 0.3) is 0 Å². The van der Waals surface area contributed by atoms with Gasteiger partial charge in [0.2, 0.25) is 11.8 Å². The molecule has 1 fully saturated rings. The average molecular weight is 380 g/mol. The largest absolute Gasteiger partial charge is 0.375 e. The van der Waals surface area contributed by atoms with Gasteiger partial charge in [-0.3, -0.25) is 9.59 Å². The number of piperazine rings is 1. The number of carbonyl (C=O) groups excluding carboxylic acids is 2. The third-order valence-corrected chi connectivity index (χ3v) is 6.17. The van der Waals surface area contributed by atoms with Crippen LogP contribution in [0, 0.1) is 23.7 Å². The van der Waals surface area contributed by atoms with Gasteiger partial charge in [0.25, 0.3) is 0 Å². The summed E-state index contributed by atoms with van der Waals surface area (Å²) >= 11 is 0. The van der Waals surface area contributed by atoms with Gasteiger partial charge in [-0.05, 0) is 44.1 Å². The van der Waals surface area contributed by atoms with E-state index in [0.29, 0.717) is 36.6 Å². The molecule has 2 aliphatic rings. The molecule has 3 unspecified atom stereocenters. The van der Waals surface area contributed by atoms with Crippen molar-refractivity contribution in [3.05, 3.63) is 11.6 Å². The third-order valence-electron chi connectivity index (χ3n) is 6.17. The van der Waals surface area contributed by atoms with Crippen LogP contribution in [-0.2, 0) is 14.3 Å². The Morgan fingerprint density at radius 3 is 2.52 bits per heavy atom. The third kappa shape index (κ3) is 6.32. The summed E-state index contributed by atoms with van der Waals surface area (Å²) in [6, 6.07) is 0. The summed E-state index contributed by atoms with van der Waals surface area (Å²) < 4.78 is 4.89. The van der Waals surface area contributed by atoms with Crippen molar-refractivity contribution in [1.29, 1.82) is 0 Å². The molecule has 0 radical (unpaired) electrons. The predicted molar refractivity (Wildman–Crippen MR) is 107 cm³/mol. The maximum absolute atomic E-state index is 12.8. The number of rotatable bonds is 7. The summed E-state index contributed by atoms with van der Waals surface area (Å²) in [5, 5.41) is 2.98. The van der Waals surface area contributed by atoms with Gasteiger partial charge in [-0.25, -0.2) is 0 Å². The van der Waals surface area contributed by atoms with Crippen molar-refractivity contribution >= 4 is 11.8 Å². The molecule has 0 spiro atoms. The molecule has 1 aliphatic carbocycles. The van der Waals surface area contributed by atoms with Gasteiger partial charge in [0.15, 0.2) is 0 Å². The first kappa shape index (κ1) is 21.9. The van der Waals surface area contributed by atoms with E-state index >= 15 is 0 Å². The van der Waals surface area contributed by atoms with Crippen LogP contribution in [0.5, 0.6) is 0 Å². The molecule has 0 bridgehead atoms. The van der Waals surface area contributed by atoms with Crippen LogP contribution in [0.4, 0.5) is 0 Å². The first-order valence-electron chi connectivity index (χ1n) is 10.2. The molecule has 0 aromatic heterocycles. The highest BCUT2D eigenvalue weighted by Crippen LogP contribution is 2.39. The second kappa shape index (κ2) is 10.2. The van der Waals surface area contributed by atoms with E-state index in [1.54, 1.807) is 0 Å². The highest BCUT2D eigenvalue weighted by atomic mass is 16.5. The minimum atomic E-state index is -0.0709. The molecule has 0 aromatic carbocycles. The van der Waals surface area contributed by atoms with E-state index in [9.17, 15) is 9.59 Å². The average Bonchev–Trinajstić information content (AvgIpc) is 2.62. The summed E-state index contributed by atoms with van der Waals surface area (Å²) in [6.45, 7) is 11.0. The number of carbonyl (C=O) groups is 2. The Kier molecular flexibility index (Phi) is 8.29. The molecule has 2 amide bonds. The van der Waals surface area contributed by atoms with Crippen LogP contribution >= 0.6 is 0 Å². The number of hydrogen-bond donors (Lipinski definition) is 1. The SMILES string of the molecule is COCC(=O)NCC1C=C(C)C(CC(=O)N2CCN(C)CC2)CC1C(C)C. The Morgan fingerprint density at radius 1 is 1.26 bits per heavy atom. The fourth-order valence-electron chi connectivity index (χ4n) is 4.32. The highest BCUT2D eigenvalue weighted by molar-refractivity contribution is 5.77. The highest BCUT2D eigenvalue weighted by Gasteiger charge is 2.33. The van der Waals surface area contributed by atoms with Gasteiger partial charge in [0.05, 0.1) is 0 Å². The Balaban J connectivity index is 1.97. The molecular formula is C21H37N3O3. The molecule has 27 heavy (non-hydrogen) atoms. The Labute approximate surface area is 164 Å². The van der Waals surface area contributed by atoms with Crippen molar-refractivity contribution in [3.63, 3.8) is 0 Å². The van der Waals surface area contributed by atoms with Crippen LogP contribution in [0.2, 0.25) is 0 Å². The molecule has 154 valence electrons. The number of nitrogens with zero attached hydrogens (tertiary/aromatic N) is 2. The summed E-state index contributed by atoms with van der Waals surface area (Å²) in [5.74, 6) is 1.84. The van der Waals surface area contributed by atoms with Crippen LogP contribution in [0.3, 0.4) is 0 Å². The normalized spacial score (nSPS) is 26.8. The fraction of sp³-hybridized carbons (Fsp3) is 0.810. The Morgan fingerprint density at radius 2 is 1.93 bits per heavy atom. The summed E-state index contributed by atoms with van der Waals surface area (Å²) in [5.41, 5.74) is 1.29. The lowest BCUT2D eigenvalue weighted by Crippen LogP contribution is -2.47. The minimum absolute atomic E-state index is 0.0709. The maximum Gasteiger partial charge on any atom is 0.246 e. The van der Waals surface area contributed by atoms with Gasteiger partial charge in [-0.2, -0.15) is 0 Å². The van der Waals surface area contributed by atoms with E-state index in [-0.39, 0.29) is 18.4 Å². The Bertz CT molecular complexity index is 539. The molecule has 1 aliphatic heterocycles. The van der Waals surface area contributed by atoms with Crippen molar-refractivity contribution in [2.75, 3.05) is 53.5 Å². The Hall–Kier alpha value is -1.40. The smallest absolute Gasteiger partial charge is 0.246 e. The van der Waals surface area contributed by atoms with Crippen molar-refractivity contribution in [1.82, 2.24) is 15.1 Å². The molecule has 0 saturated carbocycles. The zero-order valence-corrected chi connectivity index (χ0v) is 17.7. The van der Waals surface area contributed by atoms with E-state index in [4.69, 9.17) is 4.74 Å². The standard InChI is InChI=1S/C21H37N3O3/c1-15(2)19-11-17(12-21(26)24-8-6-23(4)7-9-24)16(3)10-18(19)13-22-20(25)14-27-5/h10,15,17-19H,6-9,11-14H2,1-5H3,(H,22,25). The monoisotopic (exact) mass is 379 g/mol. The number of nitrogens with one attached hydrogen (secondary N) is 1. The summed E-state index contributed by atoms with van der Waals surface area (Å²) in [4.78, 5) is 28.8. The van der Waals surface area contributed by atoms with E-state index in [1.807, 2.05) is 4.90 Å². The molecule has 1 N–H and O–H groups in total. The fourth-order valence-corrected chi connectivity index (χ4v) is 4.32. The number of methoxy groups -OCH3 is 1. The van der Waals surface area contributed by atoms with Crippen molar-refractivity contribution in [2.24, 2.45) is 23.7 Å². The lowest BCUT2D eigenvalue weighted by Gasteiger charge is -2.38. The van der Waals surface area contributed by atoms with E-state index < -0.39 is 0 Å². The van der Waals surface area contributed by atoms with Gasteiger partial charge in [0.1, 0.15) is 6.61 Å². The quantitative estimate of drug-likeness (QED) is 0.685. The first-order valence-corrected chi connectivity index (χ1v) is 10.2. The molecule has 6 heteroatoms. The second-order valence-corrected chi connectivity index (χ2v) is 8.54. The van der Waals surface area contributed by atoms with Gasteiger partial charge >= 0.3 is 0 Å². The van der Waals surface area contributed by atoms with Crippen LogP contribution in [0.1, 0.15) is 33.6 Å². The predicted octanol–water partition coefficient (Wildman–Crippen LogP) is 1.77. The number of likely N-dealkylation sites (N-methyl/N-ethyl adjacent to an activating group) is 1. The molecule has 0 aromatic rings. The van der Waals surface area contributed by atoms with Gasteiger partial charge in [0, 0.05) is 46.3 Å². The molecular weight excluding hydrogens is 342 g/mol. The minimum Gasteiger partial charge on any atom is -0.375 e. The lowest BCUT2D eigenvalue weighted by atomic mass is 9.69. The second-order valence-electron chi connectivity index (χ2n) is 8.54. The van der Waals surface area contributed by atoms with Crippen LogP contribution in [0.15, 0.2) is 11.6 Å². The van der Waals surface area contributed by atoms with E-state index in [2.05, 4.69) is 44.1 Å². The molecule has 6 nitrogen and oxygen atoms in total. The number of allylic oxidation sites excluding steroid dienone is 1. The molecule has 1 heterocycles. The van der Waals surface area contributed by atoms with Crippen molar-refractivity contribution < 1.29 is 14.3 Å². The van der Waals surface area contributed by atoms with Crippen molar-refractivity contribution in [2.45, 2.75) is 33.6 Å². The summed E-state index contributed by atoms with van der Waals surface area (Å²) in [7, 11) is 3.64. The first-order chi connectivity index (χ1) is 12.8. The van der Waals surface area contributed by atoms with Crippen LogP contribution in [-0.4, -0.2) is 75.1 Å². The number of ether oxygens (including phenoxy) is 1. The van der Waals surface area contributed by atoms with Gasteiger partial charge < -0.3 is 19.9 Å². The molecule has 1 saturated heterocycles. The molecule has 2 rings (SSSR count).